The van der Waals surface area contributed by atoms with E-state index in [1.807, 2.05) is 0 Å². The van der Waals surface area contributed by atoms with Crippen LogP contribution in [-0.4, -0.2) is 37.4 Å². The number of quaternary nitrogens is 1. The summed E-state index contributed by atoms with van der Waals surface area (Å²) in [4.78, 5) is 7.60. The fourth-order valence-electron chi connectivity index (χ4n) is 3.40. The third-order valence-electron chi connectivity index (χ3n) is 5.09. The Labute approximate surface area is 178 Å². The highest BCUT2D eigenvalue weighted by molar-refractivity contribution is 9.10. The molecule has 3 aromatic rings. The molecule has 28 heavy (non-hydrogen) atoms. The van der Waals surface area contributed by atoms with E-state index in [4.69, 9.17) is 9.73 Å². The van der Waals surface area contributed by atoms with Gasteiger partial charge in [0.25, 0.3) is 0 Å². The van der Waals surface area contributed by atoms with Gasteiger partial charge in [0.05, 0.1) is 37.7 Å². The van der Waals surface area contributed by atoms with E-state index in [0.717, 1.165) is 54.4 Å². The van der Waals surface area contributed by atoms with Gasteiger partial charge in [0, 0.05) is 9.85 Å². The van der Waals surface area contributed by atoms with Crippen molar-refractivity contribution in [1.29, 1.82) is 0 Å². The zero-order valence-corrected chi connectivity index (χ0v) is 18.4. The molecule has 1 aromatic heterocycles. The second-order valence-corrected chi connectivity index (χ2v) is 8.87. The van der Waals surface area contributed by atoms with Gasteiger partial charge in [-0.3, -0.25) is 0 Å². The van der Waals surface area contributed by atoms with Crippen LogP contribution in [0.15, 0.2) is 63.4 Å². The lowest BCUT2D eigenvalue weighted by atomic mass is 10.2. The normalized spacial score (nSPS) is 15.9. The van der Waals surface area contributed by atoms with Crippen molar-refractivity contribution in [2.45, 2.75) is 13.5 Å². The zero-order valence-electron chi connectivity index (χ0n) is 16.0. The maximum atomic E-state index is 5.50. The minimum Gasteiger partial charge on any atom is -0.370 e. The quantitative estimate of drug-likeness (QED) is 0.623. The Morgan fingerprint density at radius 3 is 2.50 bits per heavy atom. The van der Waals surface area contributed by atoms with Gasteiger partial charge >= 0.3 is 0 Å². The lowest BCUT2D eigenvalue weighted by Crippen LogP contribution is -3.14. The summed E-state index contributed by atoms with van der Waals surface area (Å²) in [5, 5.41) is 2.23. The fourth-order valence-corrected chi connectivity index (χ4v) is 4.62. The summed E-state index contributed by atoms with van der Waals surface area (Å²) >= 11 is 5.25. The lowest BCUT2D eigenvalue weighted by Gasteiger charge is -2.24. The van der Waals surface area contributed by atoms with Gasteiger partial charge < -0.3 is 14.2 Å². The minimum atomic E-state index is 0.865. The van der Waals surface area contributed by atoms with Gasteiger partial charge in [-0.25, -0.2) is 4.99 Å². The molecular formula is C22H25BrN3OS+. The highest BCUT2D eigenvalue weighted by Crippen LogP contribution is 2.23. The van der Waals surface area contributed by atoms with Gasteiger partial charge in [-0.15, -0.1) is 11.3 Å². The Morgan fingerprint density at radius 2 is 1.79 bits per heavy atom. The number of nitrogens with zero attached hydrogens (tertiary/aromatic N) is 2. The molecule has 146 valence electrons. The maximum Gasteiger partial charge on any atom is 0.190 e. The second-order valence-electron chi connectivity index (χ2n) is 7.12. The number of hydrogen-bond donors (Lipinski definition) is 1. The summed E-state index contributed by atoms with van der Waals surface area (Å²) in [5.74, 6) is 0. The Kier molecular flexibility index (Phi) is 6.42. The summed E-state index contributed by atoms with van der Waals surface area (Å²) in [6.45, 7) is 8.05. The third-order valence-corrected chi connectivity index (χ3v) is 6.48. The van der Waals surface area contributed by atoms with E-state index in [1.54, 1.807) is 16.2 Å². The number of morpholine rings is 1. The smallest absolute Gasteiger partial charge is 0.190 e. The van der Waals surface area contributed by atoms with Crippen molar-refractivity contribution in [2.75, 3.05) is 32.8 Å². The van der Waals surface area contributed by atoms with Gasteiger partial charge in [0.15, 0.2) is 4.80 Å². The predicted octanol–water partition coefficient (Wildman–Crippen LogP) is 3.44. The molecule has 4 rings (SSSR count). The van der Waals surface area contributed by atoms with Crippen LogP contribution in [0.25, 0.3) is 11.3 Å². The van der Waals surface area contributed by atoms with Crippen LogP contribution in [0.3, 0.4) is 0 Å². The largest absolute Gasteiger partial charge is 0.370 e. The van der Waals surface area contributed by atoms with Gasteiger partial charge in [-0.2, -0.15) is 0 Å². The van der Waals surface area contributed by atoms with Crippen LogP contribution in [0.2, 0.25) is 0 Å². The van der Waals surface area contributed by atoms with Crippen molar-refractivity contribution in [3.8, 4) is 11.3 Å². The van der Waals surface area contributed by atoms with Gasteiger partial charge in [0.1, 0.15) is 13.1 Å². The minimum absolute atomic E-state index is 0.865. The van der Waals surface area contributed by atoms with E-state index >= 15 is 0 Å². The first-order valence-corrected chi connectivity index (χ1v) is 11.3. The first kappa shape index (κ1) is 19.6. The average molecular weight is 459 g/mol. The van der Waals surface area contributed by atoms with E-state index in [1.165, 1.54) is 16.8 Å². The van der Waals surface area contributed by atoms with E-state index in [2.05, 4.69) is 81.3 Å². The standard InChI is InChI=1S/C22H24BrN3OS/c1-17-2-8-20(9-3-17)24-22-26(11-10-25-12-14-27-15-13-25)21(16-28-22)18-4-6-19(23)7-5-18/h2-9,16H,10-15H2,1H3/p+1. The van der Waals surface area contributed by atoms with Crippen molar-refractivity contribution in [3.63, 3.8) is 0 Å². The molecular weight excluding hydrogens is 434 g/mol. The van der Waals surface area contributed by atoms with E-state index in [9.17, 15) is 0 Å². The number of nitrogens with one attached hydrogen (secondary N) is 1. The number of rotatable bonds is 5. The molecule has 6 heteroatoms. The molecule has 1 N–H and O–H groups in total. The van der Waals surface area contributed by atoms with Gasteiger partial charge in [-0.05, 0) is 36.8 Å². The van der Waals surface area contributed by atoms with Crippen molar-refractivity contribution < 1.29 is 9.64 Å². The van der Waals surface area contributed by atoms with E-state index in [0.29, 0.717) is 0 Å². The number of halogens is 1. The molecule has 0 spiro atoms. The van der Waals surface area contributed by atoms with Crippen molar-refractivity contribution >= 4 is 33.0 Å². The first-order valence-electron chi connectivity index (χ1n) is 9.66. The Hall–Kier alpha value is -1.73. The Balaban J connectivity index is 1.68. The fraction of sp³-hybridized carbons (Fsp3) is 0.318. The molecule has 0 radical (unpaired) electrons. The van der Waals surface area contributed by atoms with Gasteiger partial charge in [0.2, 0.25) is 0 Å². The van der Waals surface area contributed by atoms with Crippen LogP contribution in [0.1, 0.15) is 5.56 Å². The monoisotopic (exact) mass is 458 g/mol. The molecule has 1 aliphatic heterocycles. The third kappa shape index (κ3) is 4.81. The van der Waals surface area contributed by atoms with Gasteiger partial charge in [-0.1, -0.05) is 45.8 Å². The number of aromatic nitrogens is 1. The summed E-state index contributed by atoms with van der Waals surface area (Å²) in [5.41, 5.74) is 4.71. The topological polar surface area (TPSA) is 31.0 Å². The molecule has 0 bridgehead atoms. The molecule has 1 aliphatic rings. The van der Waals surface area contributed by atoms with E-state index < -0.39 is 0 Å². The molecule has 0 unspecified atom stereocenters. The Bertz CT molecular complexity index is 970. The van der Waals surface area contributed by atoms with Crippen molar-refractivity contribution in [1.82, 2.24) is 4.57 Å². The van der Waals surface area contributed by atoms with Crippen LogP contribution in [-0.2, 0) is 11.3 Å². The molecule has 0 atom stereocenters. The molecule has 0 aliphatic carbocycles. The molecule has 0 saturated carbocycles. The molecule has 1 fully saturated rings. The van der Waals surface area contributed by atoms with Crippen LogP contribution >= 0.6 is 27.3 Å². The molecule has 2 aromatic carbocycles. The Morgan fingerprint density at radius 1 is 1.07 bits per heavy atom. The van der Waals surface area contributed by atoms with Crippen molar-refractivity contribution in [3.05, 3.63) is 68.7 Å². The van der Waals surface area contributed by atoms with Crippen LogP contribution < -0.4 is 9.70 Å². The SMILES string of the molecule is Cc1ccc(N=c2scc(-c3ccc(Br)cc3)n2CC[NH+]2CCOCC2)cc1. The number of benzene rings is 2. The van der Waals surface area contributed by atoms with Crippen LogP contribution in [0.5, 0.6) is 0 Å². The highest BCUT2D eigenvalue weighted by atomic mass is 79.9. The van der Waals surface area contributed by atoms with Crippen LogP contribution in [0.4, 0.5) is 5.69 Å². The number of aryl methyl sites for hydroxylation is 1. The molecule has 0 amide bonds. The predicted molar refractivity (Wildman–Crippen MR) is 118 cm³/mol. The second kappa shape index (κ2) is 9.18. The van der Waals surface area contributed by atoms with Crippen LogP contribution in [0, 0.1) is 6.92 Å². The summed E-state index contributed by atoms with van der Waals surface area (Å²) in [6, 6.07) is 16.9. The number of thiazole rings is 1. The van der Waals surface area contributed by atoms with E-state index in [-0.39, 0.29) is 0 Å². The highest BCUT2D eigenvalue weighted by Gasteiger charge is 2.15. The van der Waals surface area contributed by atoms with Crippen molar-refractivity contribution in [2.24, 2.45) is 4.99 Å². The summed E-state index contributed by atoms with van der Waals surface area (Å²) in [7, 11) is 0. The average Bonchev–Trinajstić information content (AvgIpc) is 3.12. The zero-order chi connectivity index (χ0) is 19.3. The molecule has 2 heterocycles. The summed E-state index contributed by atoms with van der Waals surface area (Å²) in [6.07, 6.45) is 0. The summed E-state index contributed by atoms with van der Waals surface area (Å²) < 4.78 is 8.97. The number of ether oxygens (including phenoxy) is 1. The first-order chi connectivity index (χ1) is 13.7. The molecule has 4 nitrogen and oxygen atoms in total. The lowest BCUT2D eigenvalue weighted by molar-refractivity contribution is -0.908. The number of hydrogen-bond acceptors (Lipinski definition) is 3. The maximum absolute atomic E-state index is 5.50. The molecule has 1 saturated heterocycles.